The highest BCUT2D eigenvalue weighted by Gasteiger charge is 2.10. The Kier molecular flexibility index (Phi) is 2.12. The molecule has 0 saturated carbocycles. The largest absolute Gasteiger partial charge is 0.368 e. The van der Waals surface area contributed by atoms with Gasteiger partial charge in [0.05, 0.1) is 17.1 Å². The zero-order valence-corrected chi connectivity index (χ0v) is 9.58. The number of nitrogens with zero attached hydrogens (tertiary/aromatic N) is 4. The van der Waals surface area contributed by atoms with Crippen LogP contribution in [-0.4, -0.2) is 24.7 Å². The van der Waals surface area contributed by atoms with E-state index in [0.717, 1.165) is 11.1 Å². The summed E-state index contributed by atoms with van der Waals surface area (Å²) in [7, 11) is 1.82. The molecule has 0 aliphatic rings. The number of rotatable bonds is 1. The van der Waals surface area contributed by atoms with Gasteiger partial charge in [-0.2, -0.15) is 5.10 Å². The highest BCUT2D eigenvalue weighted by atomic mass is 16.1. The predicted molar refractivity (Wildman–Crippen MR) is 66.8 cm³/mol. The lowest BCUT2D eigenvalue weighted by Gasteiger charge is -2.03. The van der Waals surface area contributed by atoms with Gasteiger partial charge in [-0.3, -0.25) is 9.48 Å². The molecule has 0 bridgehead atoms. The molecule has 0 spiro atoms. The summed E-state index contributed by atoms with van der Waals surface area (Å²) in [6, 6.07) is 0. The fourth-order valence-corrected chi connectivity index (χ4v) is 1.83. The monoisotopic (exact) mass is 242 g/mol. The molecule has 7 nitrogen and oxygen atoms in total. The lowest BCUT2D eigenvalue weighted by Crippen LogP contribution is -2.08. The molecule has 0 radical (unpaired) electrons. The molecule has 0 unspecified atom stereocenters. The minimum Gasteiger partial charge on any atom is -0.368 e. The molecule has 3 N–H and O–H groups in total. The maximum Gasteiger partial charge on any atom is 0.259 e. The summed E-state index contributed by atoms with van der Waals surface area (Å²) in [6.45, 7) is 0. The van der Waals surface area contributed by atoms with Crippen molar-refractivity contribution in [3.8, 4) is 11.1 Å². The normalized spacial score (nSPS) is 10.9. The number of pyridine rings is 1. The molecule has 90 valence electrons. The molecule has 3 rings (SSSR count). The number of nitrogens with two attached hydrogens (primary N) is 1. The van der Waals surface area contributed by atoms with E-state index < -0.39 is 0 Å². The van der Waals surface area contributed by atoms with E-state index in [1.54, 1.807) is 17.1 Å². The highest BCUT2D eigenvalue weighted by Crippen LogP contribution is 2.23. The molecule has 18 heavy (non-hydrogen) atoms. The average molecular weight is 242 g/mol. The van der Waals surface area contributed by atoms with E-state index in [0.29, 0.717) is 10.9 Å². The van der Waals surface area contributed by atoms with E-state index >= 15 is 0 Å². The van der Waals surface area contributed by atoms with E-state index in [2.05, 4.69) is 20.1 Å². The smallest absolute Gasteiger partial charge is 0.259 e. The summed E-state index contributed by atoms with van der Waals surface area (Å²) in [5.74, 6) is 0.137. The van der Waals surface area contributed by atoms with Crippen LogP contribution >= 0.6 is 0 Å². The van der Waals surface area contributed by atoms with Gasteiger partial charge in [-0.25, -0.2) is 9.97 Å². The first kappa shape index (κ1) is 10.5. The number of anilines is 1. The zero-order valence-electron chi connectivity index (χ0n) is 9.58. The summed E-state index contributed by atoms with van der Waals surface area (Å²) in [5.41, 5.74) is 7.49. The Bertz CT molecular complexity index is 788. The number of aromatic amines is 1. The van der Waals surface area contributed by atoms with Gasteiger partial charge in [0.2, 0.25) is 5.95 Å². The highest BCUT2D eigenvalue weighted by molar-refractivity contribution is 5.92. The molecule has 0 aliphatic carbocycles. The Hall–Kier alpha value is -2.70. The third kappa shape index (κ3) is 1.53. The van der Waals surface area contributed by atoms with Gasteiger partial charge in [0, 0.05) is 36.8 Å². The number of aromatic nitrogens is 5. The van der Waals surface area contributed by atoms with Crippen molar-refractivity contribution in [1.29, 1.82) is 0 Å². The Labute approximate surface area is 101 Å². The zero-order chi connectivity index (χ0) is 12.7. The SMILES string of the molecule is Cn1cc(-c2c[nH]c(=O)c3cnc(N)nc23)cn1. The third-order valence-corrected chi connectivity index (χ3v) is 2.67. The lowest BCUT2D eigenvalue weighted by atomic mass is 10.1. The van der Waals surface area contributed by atoms with Gasteiger partial charge in [0.25, 0.3) is 5.56 Å². The molecule has 7 heteroatoms. The summed E-state index contributed by atoms with van der Waals surface area (Å²) in [5, 5.41) is 4.50. The van der Waals surface area contributed by atoms with E-state index in [-0.39, 0.29) is 11.5 Å². The number of hydrogen-bond donors (Lipinski definition) is 2. The summed E-state index contributed by atoms with van der Waals surface area (Å²) < 4.78 is 1.68. The van der Waals surface area contributed by atoms with Crippen molar-refractivity contribution in [2.45, 2.75) is 0 Å². The van der Waals surface area contributed by atoms with Gasteiger partial charge in [0.1, 0.15) is 0 Å². The number of fused-ring (bicyclic) bond motifs is 1. The van der Waals surface area contributed by atoms with Crippen LogP contribution in [0.25, 0.3) is 22.0 Å². The van der Waals surface area contributed by atoms with Crippen LogP contribution in [0.15, 0.2) is 29.6 Å². The van der Waals surface area contributed by atoms with Gasteiger partial charge in [-0.1, -0.05) is 0 Å². The standard InChI is InChI=1S/C11H10N6O/c1-17-5-6(2-15-17)7-3-13-10(18)8-4-14-11(12)16-9(7)8/h2-5H,1H3,(H,13,18)(H2,12,14,16). The first-order valence-electron chi connectivity index (χ1n) is 5.28. The maximum absolute atomic E-state index is 11.7. The summed E-state index contributed by atoms with van der Waals surface area (Å²) in [6.07, 6.45) is 6.57. The number of H-pyrrole nitrogens is 1. The quantitative estimate of drug-likeness (QED) is 0.639. The molecular weight excluding hydrogens is 232 g/mol. The fraction of sp³-hybridized carbons (Fsp3) is 0.0909. The lowest BCUT2D eigenvalue weighted by molar-refractivity contribution is 0.768. The minimum absolute atomic E-state index is 0.137. The molecule has 0 amide bonds. The van der Waals surface area contributed by atoms with Gasteiger partial charge in [-0.15, -0.1) is 0 Å². The topological polar surface area (TPSA) is 102 Å². The van der Waals surface area contributed by atoms with Gasteiger partial charge in [-0.05, 0) is 0 Å². The van der Waals surface area contributed by atoms with E-state index in [1.807, 2.05) is 13.2 Å². The molecule has 3 aromatic rings. The van der Waals surface area contributed by atoms with Crippen molar-refractivity contribution >= 4 is 16.9 Å². The van der Waals surface area contributed by atoms with Crippen molar-refractivity contribution < 1.29 is 0 Å². The van der Waals surface area contributed by atoms with Crippen LogP contribution in [0.1, 0.15) is 0 Å². The second kappa shape index (κ2) is 3.66. The number of nitrogen functional groups attached to an aromatic ring is 1. The number of hydrogen-bond acceptors (Lipinski definition) is 5. The van der Waals surface area contributed by atoms with Crippen LogP contribution in [0.3, 0.4) is 0 Å². The molecule has 3 heterocycles. The molecular formula is C11H10N6O. The van der Waals surface area contributed by atoms with Gasteiger partial charge in [0.15, 0.2) is 0 Å². The minimum atomic E-state index is -0.238. The summed E-state index contributed by atoms with van der Waals surface area (Å²) in [4.78, 5) is 22.3. The molecule has 3 aromatic heterocycles. The van der Waals surface area contributed by atoms with Crippen molar-refractivity contribution in [2.24, 2.45) is 7.05 Å². The Morgan fingerprint density at radius 1 is 1.39 bits per heavy atom. The third-order valence-electron chi connectivity index (χ3n) is 2.67. The Balaban J connectivity index is 2.39. The Morgan fingerprint density at radius 2 is 2.22 bits per heavy atom. The first-order valence-corrected chi connectivity index (χ1v) is 5.28. The van der Waals surface area contributed by atoms with Gasteiger partial charge < -0.3 is 10.7 Å². The van der Waals surface area contributed by atoms with Crippen molar-refractivity contribution in [2.75, 3.05) is 5.73 Å². The van der Waals surface area contributed by atoms with Crippen LogP contribution in [-0.2, 0) is 7.05 Å². The van der Waals surface area contributed by atoms with Crippen molar-refractivity contribution in [3.63, 3.8) is 0 Å². The van der Waals surface area contributed by atoms with Crippen LogP contribution < -0.4 is 11.3 Å². The molecule has 0 fully saturated rings. The molecule has 0 saturated heterocycles. The fourth-order valence-electron chi connectivity index (χ4n) is 1.83. The molecule has 0 atom stereocenters. The van der Waals surface area contributed by atoms with E-state index in [1.165, 1.54) is 6.20 Å². The number of nitrogens with one attached hydrogen (secondary N) is 1. The average Bonchev–Trinajstić information content (AvgIpc) is 2.76. The second-order valence-electron chi connectivity index (χ2n) is 3.92. The van der Waals surface area contributed by atoms with Crippen LogP contribution in [0.5, 0.6) is 0 Å². The van der Waals surface area contributed by atoms with Crippen LogP contribution in [0, 0.1) is 0 Å². The van der Waals surface area contributed by atoms with Crippen LogP contribution in [0.2, 0.25) is 0 Å². The predicted octanol–water partition coefficient (Wildman–Crippen LogP) is 0.301. The van der Waals surface area contributed by atoms with Crippen molar-refractivity contribution in [3.05, 3.63) is 35.1 Å². The van der Waals surface area contributed by atoms with Gasteiger partial charge >= 0.3 is 0 Å². The first-order chi connectivity index (χ1) is 8.65. The van der Waals surface area contributed by atoms with E-state index in [9.17, 15) is 4.79 Å². The van der Waals surface area contributed by atoms with Crippen molar-refractivity contribution in [1.82, 2.24) is 24.7 Å². The summed E-state index contributed by atoms with van der Waals surface area (Å²) >= 11 is 0. The molecule has 0 aliphatic heterocycles. The second-order valence-corrected chi connectivity index (χ2v) is 3.92. The van der Waals surface area contributed by atoms with Crippen LogP contribution in [0.4, 0.5) is 5.95 Å². The molecule has 0 aromatic carbocycles. The van der Waals surface area contributed by atoms with E-state index in [4.69, 9.17) is 5.73 Å². The number of aryl methyl sites for hydroxylation is 1. The Morgan fingerprint density at radius 3 is 2.94 bits per heavy atom. The maximum atomic E-state index is 11.7.